The van der Waals surface area contributed by atoms with E-state index in [4.69, 9.17) is 0 Å². The van der Waals surface area contributed by atoms with E-state index < -0.39 is 28.5 Å². The van der Waals surface area contributed by atoms with Gasteiger partial charge in [0.1, 0.15) is 0 Å². The van der Waals surface area contributed by atoms with Crippen LogP contribution in [-0.2, 0) is 8.94 Å². The van der Waals surface area contributed by atoms with Crippen LogP contribution in [-0.4, -0.2) is 28.5 Å². The second-order valence-electron chi connectivity index (χ2n) is 4.92. The molecule has 4 heteroatoms. The average Bonchev–Trinajstić information content (AvgIpc) is 1.96. The predicted octanol–water partition coefficient (Wildman–Crippen LogP) is 5.13. The standard InChI is InChI=1S/C12H20I2Te2/c1-15(2,13)9-11-6-5-7-12(8-11)10-16(3,4)14/h5-8H,9-10H2,1-4H3. The quantitative estimate of drug-likeness (QED) is 0.308. The van der Waals surface area contributed by atoms with Gasteiger partial charge >= 0.3 is 130 Å². The molecule has 0 fully saturated rings. The fourth-order valence-electron chi connectivity index (χ4n) is 1.60. The first kappa shape index (κ1) is 16.3. The Morgan fingerprint density at radius 3 is 1.56 bits per heavy atom. The molecule has 1 rings (SSSR count). The van der Waals surface area contributed by atoms with Gasteiger partial charge in [-0.25, -0.2) is 0 Å². The summed E-state index contributed by atoms with van der Waals surface area (Å²) in [7, 11) is 0. The Morgan fingerprint density at radius 1 is 0.875 bits per heavy atom. The van der Waals surface area contributed by atoms with Crippen molar-refractivity contribution >= 4 is 65.9 Å². The first-order valence-electron chi connectivity index (χ1n) is 5.05. The third-order valence-electron chi connectivity index (χ3n) is 2.01. The van der Waals surface area contributed by atoms with Gasteiger partial charge in [0, 0.05) is 0 Å². The van der Waals surface area contributed by atoms with Gasteiger partial charge in [-0.2, -0.15) is 0 Å². The van der Waals surface area contributed by atoms with Crippen LogP contribution in [0.1, 0.15) is 11.1 Å². The van der Waals surface area contributed by atoms with E-state index in [1.807, 2.05) is 0 Å². The van der Waals surface area contributed by atoms with Crippen molar-refractivity contribution in [2.45, 2.75) is 28.8 Å². The minimum atomic E-state index is -1.49. The summed E-state index contributed by atoms with van der Waals surface area (Å²) < 4.78 is 2.71. The normalized spacial score (nSPS) is 14.9. The summed E-state index contributed by atoms with van der Waals surface area (Å²) in [5.74, 6) is 0. The van der Waals surface area contributed by atoms with Crippen LogP contribution in [0.2, 0.25) is 19.9 Å². The van der Waals surface area contributed by atoms with Gasteiger partial charge in [0.15, 0.2) is 0 Å². The van der Waals surface area contributed by atoms with Crippen molar-refractivity contribution in [3.8, 4) is 0 Å². The van der Waals surface area contributed by atoms with Gasteiger partial charge in [-0.3, -0.25) is 0 Å². The molecule has 0 amide bonds. The van der Waals surface area contributed by atoms with Crippen LogP contribution in [0.15, 0.2) is 24.3 Å². The second-order valence-corrected chi connectivity index (χ2v) is 54.6. The van der Waals surface area contributed by atoms with Crippen molar-refractivity contribution in [1.29, 1.82) is 0 Å². The summed E-state index contributed by atoms with van der Waals surface area (Å²) in [6.45, 7) is 0. The number of halogens is 2. The van der Waals surface area contributed by atoms with E-state index in [0.717, 1.165) is 0 Å². The molecule has 0 unspecified atom stereocenters. The summed E-state index contributed by atoms with van der Waals surface area (Å²) in [6, 6.07) is 9.33. The zero-order valence-electron chi connectivity index (χ0n) is 10.3. The van der Waals surface area contributed by atoms with E-state index in [1.54, 1.807) is 11.1 Å². The van der Waals surface area contributed by atoms with Crippen LogP contribution in [0.25, 0.3) is 0 Å². The van der Waals surface area contributed by atoms with Crippen LogP contribution in [0.5, 0.6) is 0 Å². The second kappa shape index (κ2) is 6.62. The van der Waals surface area contributed by atoms with Gasteiger partial charge in [-0.15, -0.1) is 0 Å². The molecule has 16 heavy (non-hydrogen) atoms. The molecule has 0 aromatic heterocycles. The molecular formula is C12H20I2Te2. The molecule has 0 spiro atoms. The van der Waals surface area contributed by atoms with Gasteiger partial charge in [0.25, 0.3) is 0 Å². The Labute approximate surface area is 127 Å². The van der Waals surface area contributed by atoms with E-state index in [2.05, 4.69) is 81.5 Å². The summed E-state index contributed by atoms with van der Waals surface area (Å²) in [5.41, 5.74) is 3.14. The predicted molar refractivity (Wildman–Crippen MR) is 96.9 cm³/mol. The summed E-state index contributed by atoms with van der Waals surface area (Å²) in [4.78, 5) is 9.93. The van der Waals surface area contributed by atoms with E-state index in [1.165, 1.54) is 8.94 Å². The van der Waals surface area contributed by atoms with Crippen LogP contribution in [0.4, 0.5) is 0 Å². The summed E-state index contributed by atoms with van der Waals surface area (Å²) >= 11 is 2.45. The summed E-state index contributed by atoms with van der Waals surface area (Å²) in [5, 5.41) is 0. The molecule has 0 saturated carbocycles. The van der Waals surface area contributed by atoms with Crippen LogP contribution in [0.3, 0.4) is 0 Å². The monoisotopic (exact) mass is 678 g/mol. The van der Waals surface area contributed by atoms with Crippen molar-refractivity contribution in [3.63, 3.8) is 0 Å². The van der Waals surface area contributed by atoms with Gasteiger partial charge in [-0.1, -0.05) is 0 Å². The summed E-state index contributed by atoms with van der Waals surface area (Å²) in [6.07, 6.45) is 0. The van der Waals surface area contributed by atoms with Crippen molar-refractivity contribution in [3.05, 3.63) is 35.4 Å². The molecule has 0 N–H and O–H groups in total. The molecule has 0 atom stereocenters. The molecule has 1 aromatic rings. The van der Waals surface area contributed by atoms with E-state index in [-0.39, 0.29) is 0 Å². The third-order valence-corrected chi connectivity index (χ3v) is 12.0. The first-order valence-corrected chi connectivity index (χ1v) is 31.2. The topological polar surface area (TPSA) is 0 Å². The Morgan fingerprint density at radius 2 is 1.25 bits per heavy atom. The number of hydrogen-bond donors (Lipinski definition) is 0. The third kappa shape index (κ3) is 7.64. The fourth-order valence-corrected chi connectivity index (χ4v) is 12.0. The molecule has 0 nitrogen and oxygen atoms in total. The fraction of sp³-hybridized carbons (Fsp3) is 0.500. The molecule has 94 valence electrons. The molecule has 0 heterocycles. The maximum atomic E-state index is 2.72. The SMILES string of the molecule is C[Te](C)(I)Cc1cccc(C[Te](C)(C)I)c1. The maximum absolute atomic E-state index is 2.72. The van der Waals surface area contributed by atoms with Gasteiger partial charge in [-0.05, 0) is 0 Å². The van der Waals surface area contributed by atoms with E-state index >= 15 is 0 Å². The van der Waals surface area contributed by atoms with Crippen LogP contribution >= 0.6 is 37.4 Å². The zero-order chi connectivity index (χ0) is 12.4. The molecule has 1 aromatic carbocycles. The Bertz CT molecular complexity index is 320. The van der Waals surface area contributed by atoms with Crippen LogP contribution in [0, 0.1) is 0 Å². The number of hydrogen-bond acceptors (Lipinski definition) is 0. The molecule has 0 radical (unpaired) electrons. The van der Waals surface area contributed by atoms with Gasteiger partial charge in [0.05, 0.1) is 0 Å². The van der Waals surface area contributed by atoms with E-state index in [0.29, 0.717) is 0 Å². The van der Waals surface area contributed by atoms with Crippen molar-refractivity contribution in [2.75, 3.05) is 0 Å². The minimum absolute atomic E-state index is 1.35. The van der Waals surface area contributed by atoms with Gasteiger partial charge in [0.2, 0.25) is 0 Å². The Balaban J connectivity index is 2.79. The van der Waals surface area contributed by atoms with E-state index in [9.17, 15) is 0 Å². The number of benzene rings is 1. The average molecular weight is 673 g/mol. The molecule has 0 aliphatic carbocycles. The molecule has 0 saturated heterocycles. The van der Waals surface area contributed by atoms with Crippen molar-refractivity contribution < 1.29 is 0 Å². The first-order chi connectivity index (χ1) is 7.16. The van der Waals surface area contributed by atoms with Gasteiger partial charge < -0.3 is 0 Å². The molecule has 0 aliphatic heterocycles. The Hall–Kier alpha value is 2.26. The van der Waals surface area contributed by atoms with Crippen molar-refractivity contribution in [1.82, 2.24) is 0 Å². The zero-order valence-corrected chi connectivity index (χ0v) is 19.3. The number of rotatable bonds is 4. The molecular weight excluding hydrogens is 653 g/mol. The molecule has 0 aliphatic rings. The van der Waals surface area contributed by atoms with Crippen LogP contribution < -0.4 is 0 Å². The van der Waals surface area contributed by atoms with Crippen molar-refractivity contribution in [2.24, 2.45) is 0 Å². The molecule has 0 bridgehead atoms. The Kier molecular flexibility index (Phi) is 6.75.